The molecule has 3 heterocycles. The third-order valence-corrected chi connectivity index (χ3v) is 3.33. The third-order valence-electron chi connectivity index (χ3n) is 2.44. The van der Waals surface area contributed by atoms with E-state index in [2.05, 4.69) is 15.0 Å². The molecular weight excluding hydrogens is 252 g/mol. The van der Waals surface area contributed by atoms with Crippen molar-refractivity contribution < 1.29 is 9.90 Å². The molecule has 0 fully saturated rings. The maximum Gasteiger partial charge on any atom is 0.309 e. The van der Waals surface area contributed by atoms with Gasteiger partial charge >= 0.3 is 5.97 Å². The number of nitrogens with zero attached hydrogens (tertiary/aromatic N) is 4. The van der Waals surface area contributed by atoms with Crippen molar-refractivity contribution in [2.24, 2.45) is 0 Å². The van der Waals surface area contributed by atoms with Gasteiger partial charge in [0.1, 0.15) is 11.4 Å². The standard InChI is InChI=1S/C11H8N4O2S/c16-10(17)3-7-6-18-11-14-9(5-15(7)11)8-4-12-1-2-13-8/h1-2,4-6H,3H2,(H,16,17). The number of hydrogen-bond acceptors (Lipinski definition) is 5. The molecule has 1 N–H and O–H groups in total. The van der Waals surface area contributed by atoms with Gasteiger partial charge in [0.15, 0.2) is 4.96 Å². The van der Waals surface area contributed by atoms with Crippen LogP contribution in [0, 0.1) is 0 Å². The molecule has 0 spiro atoms. The fourth-order valence-electron chi connectivity index (χ4n) is 1.67. The summed E-state index contributed by atoms with van der Waals surface area (Å²) >= 11 is 1.41. The number of imidazole rings is 1. The van der Waals surface area contributed by atoms with Gasteiger partial charge in [-0.2, -0.15) is 0 Å². The summed E-state index contributed by atoms with van der Waals surface area (Å²) in [5, 5.41) is 10.6. The van der Waals surface area contributed by atoms with Crippen LogP contribution >= 0.6 is 11.3 Å². The van der Waals surface area contributed by atoms with Gasteiger partial charge in [-0.1, -0.05) is 0 Å². The van der Waals surface area contributed by atoms with Crippen LogP contribution in [0.3, 0.4) is 0 Å². The number of aliphatic carboxylic acids is 1. The summed E-state index contributed by atoms with van der Waals surface area (Å²) in [6.07, 6.45) is 6.59. The molecule has 90 valence electrons. The topological polar surface area (TPSA) is 80.4 Å². The Kier molecular flexibility index (Phi) is 2.52. The first-order valence-electron chi connectivity index (χ1n) is 5.17. The Bertz CT molecular complexity index is 704. The van der Waals surface area contributed by atoms with Gasteiger partial charge in [0.2, 0.25) is 0 Å². The van der Waals surface area contributed by atoms with Crippen molar-refractivity contribution in [1.82, 2.24) is 19.4 Å². The van der Waals surface area contributed by atoms with Gasteiger partial charge in [-0.25, -0.2) is 4.98 Å². The van der Waals surface area contributed by atoms with Crippen LogP contribution in [-0.4, -0.2) is 30.4 Å². The van der Waals surface area contributed by atoms with Crippen LogP contribution in [0.4, 0.5) is 0 Å². The van der Waals surface area contributed by atoms with Crippen molar-refractivity contribution in [2.75, 3.05) is 0 Å². The van der Waals surface area contributed by atoms with E-state index < -0.39 is 5.97 Å². The average molecular weight is 260 g/mol. The summed E-state index contributed by atoms with van der Waals surface area (Å²) < 4.78 is 1.78. The first kappa shape index (κ1) is 10.8. The lowest BCUT2D eigenvalue weighted by Crippen LogP contribution is -2.02. The molecule has 7 heteroatoms. The monoisotopic (exact) mass is 260 g/mol. The lowest BCUT2D eigenvalue weighted by Gasteiger charge is -1.94. The minimum absolute atomic E-state index is 0.0176. The Morgan fingerprint density at radius 3 is 3.00 bits per heavy atom. The number of carboxylic acids is 1. The molecule has 18 heavy (non-hydrogen) atoms. The number of carbonyl (C=O) groups is 1. The molecule has 0 aliphatic rings. The van der Waals surface area contributed by atoms with Crippen LogP contribution in [0.15, 0.2) is 30.2 Å². The van der Waals surface area contributed by atoms with Crippen molar-refractivity contribution in [1.29, 1.82) is 0 Å². The minimum atomic E-state index is -0.857. The number of aromatic nitrogens is 4. The number of carboxylic acid groups (broad SMARTS) is 1. The van der Waals surface area contributed by atoms with Crippen molar-refractivity contribution in [3.8, 4) is 11.4 Å². The molecule has 3 rings (SSSR count). The second kappa shape index (κ2) is 4.19. The molecule has 0 aromatic carbocycles. The Morgan fingerprint density at radius 1 is 1.39 bits per heavy atom. The highest BCUT2D eigenvalue weighted by Gasteiger charge is 2.12. The highest BCUT2D eigenvalue weighted by atomic mass is 32.1. The smallest absolute Gasteiger partial charge is 0.309 e. The Morgan fingerprint density at radius 2 is 2.28 bits per heavy atom. The maximum atomic E-state index is 10.7. The van der Waals surface area contributed by atoms with Crippen LogP contribution in [0.2, 0.25) is 0 Å². The van der Waals surface area contributed by atoms with Crippen LogP contribution in [0.1, 0.15) is 5.69 Å². The van der Waals surface area contributed by atoms with E-state index in [1.165, 1.54) is 11.3 Å². The van der Waals surface area contributed by atoms with Crippen molar-refractivity contribution >= 4 is 22.3 Å². The quantitative estimate of drug-likeness (QED) is 0.771. The van der Waals surface area contributed by atoms with Gasteiger partial charge < -0.3 is 5.11 Å². The van der Waals surface area contributed by atoms with Crippen LogP contribution in [0.5, 0.6) is 0 Å². The zero-order valence-electron chi connectivity index (χ0n) is 9.15. The van der Waals surface area contributed by atoms with E-state index in [1.807, 2.05) is 0 Å². The number of hydrogen-bond donors (Lipinski definition) is 1. The predicted molar refractivity (Wildman–Crippen MR) is 65.4 cm³/mol. The molecule has 0 aliphatic carbocycles. The van der Waals surface area contributed by atoms with Crippen LogP contribution < -0.4 is 0 Å². The SMILES string of the molecule is O=C(O)Cc1csc2nc(-c3cnccn3)cn12. The van der Waals surface area contributed by atoms with Gasteiger partial charge in [-0.3, -0.25) is 19.2 Å². The summed E-state index contributed by atoms with van der Waals surface area (Å²) in [7, 11) is 0. The largest absolute Gasteiger partial charge is 0.481 e. The van der Waals surface area contributed by atoms with Gasteiger partial charge in [-0.15, -0.1) is 11.3 Å². The number of rotatable bonds is 3. The summed E-state index contributed by atoms with van der Waals surface area (Å²) in [6, 6.07) is 0. The van der Waals surface area contributed by atoms with Crippen molar-refractivity contribution in [3.63, 3.8) is 0 Å². The first-order chi connectivity index (χ1) is 8.74. The second-order valence-electron chi connectivity index (χ2n) is 3.67. The minimum Gasteiger partial charge on any atom is -0.481 e. The molecule has 3 aromatic rings. The Hall–Kier alpha value is -2.28. The molecule has 0 aliphatic heterocycles. The van der Waals surface area contributed by atoms with Gasteiger partial charge in [-0.05, 0) is 0 Å². The summed E-state index contributed by atoms with van der Waals surface area (Å²) in [5.41, 5.74) is 2.08. The highest BCUT2D eigenvalue weighted by Crippen LogP contribution is 2.22. The maximum absolute atomic E-state index is 10.7. The van der Waals surface area contributed by atoms with Gasteiger partial charge in [0.25, 0.3) is 0 Å². The number of thiazole rings is 1. The van der Waals surface area contributed by atoms with E-state index >= 15 is 0 Å². The molecule has 0 unspecified atom stereocenters. The molecule has 6 nitrogen and oxygen atoms in total. The Labute approximate surface area is 106 Å². The van der Waals surface area contributed by atoms with Crippen LogP contribution in [0.25, 0.3) is 16.3 Å². The van der Waals surface area contributed by atoms with Crippen molar-refractivity contribution in [2.45, 2.75) is 6.42 Å². The fraction of sp³-hybridized carbons (Fsp3) is 0.0909. The highest BCUT2D eigenvalue weighted by molar-refractivity contribution is 7.15. The molecule has 0 saturated carbocycles. The molecule has 0 amide bonds. The lowest BCUT2D eigenvalue weighted by molar-refractivity contribution is -0.136. The fourth-order valence-corrected chi connectivity index (χ4v) is 2.54. The molecule has 0 bridgehead atoms. The normalized spacial score (nSPS) is 10.9. The molecule has 0 radical (unpaired) electrons. The lowest BCUT2D eigenvalue weighted by atomic mass is 10.3. The van der Waals surface area contributed by atoms with Crippen LogP contribution in [-0.2, 0) is 11.2 Å². The molecular formula is C11H8N4O2S. The number of fused-ring (bicyclic) bond motifs is 1. The summed E-state index contributed by atoms with van der Waals surface area (Å²) in [6.45, 7) is 0. The summed E-state index contributed by atoms with van der Waals surface area (Å²) in [5.74, 6) is -0.857. The van der Waals surface area contributed by atoms with E-state index in [0.717, 1.165) is 4.96 Å². The zero-order valence-corrected chi connectivity index (χ0v) is 9.96. The first-order valence-corrected chi connectivity index (χ1v) is 6.05. The van der Waals surface area contributed by atoms with Gasteiger partial charge in [0.05, 0.1) is 12.6 Å². The zero-order chi connectivity index (χ0) is 12.5. The average Bonchev–Trinajstić information content (AvgIpc) is 2.92. The summed E-state index contributed by atoms with van der Waals surface area (Å²) in [4.78, 5) is 24.0. The molecule has 3 aromatic heterocycles. The van der Waals surface area contributed by atoms with E-state index in [-0.39, 0.29) is 6.42 Å². The van der Waals surface area contributed by atoms with E-state index in [4.69, 9.17) is 5.11 Å². The molecule has 0 atom stereocenters. The third kappa shape index (κ3) is 1.84. The van der Waals surface area contributed by atoms with Gasteiger partial charge in [0, 0.05) is 29.7 Å². The van der Waals surface area contributed by atoms with E-state index in [0.29, 0.717) is 17.1 Å². The van der Waals surface area contributed by atoms with E-state index in [9.17, 15) is 4.79 Å². The second-order valence-corrected chi connectivity index (χ2v) is 4.50. The van der Waals surface area contributed by atoms with E-state index in [1.54, 1.807) is 34.6 Å². The molecule has 0 saturated heterocycles. The van der Waals surface area contributed by atoms with Crippen molar-refractivity contribution in [3.05, 3.63) is 35.9 Å². The Balaban J connectivity index is 2.07. The predicted octanol–water partition coefficient (Wildman–Crippen LogP) is 1.48.